The van der Waals surface area contributed by atoms with E-state index in [4.69, 9.17) is 0 Å². The Morgan fingerprint density at radius 2 is 1.52 bits per heavy atom. The van der Waals surface area contributed by atoms with Gasteiger partial charge in [-0.25, -0.2) is 0 Å². The van der Waals surface area contributed by atoms with E-state index in [0.717, 1.165) is 16.7 Å². The summed E-state index contributed by atoms with van der Waals surface area (Å²) >= 11 is 0. The number of hydrogen-bond donors (Lipinski definition) is 0. The van der Waals surface area contributed by atoms with Crippen LogP contribution < -0.4 is 0 Å². The van der Waals surface area contributed by atoms with Crippen LogP contribution in [0, 0.1) is 5.41 Å². The molecule has 1 aliphatic carbocycles. The molecule has 0 fully saturated rings. The van der Waals surface area contributed by atoms with Crippen molar-refractivity contribution in [2.45, 2.75) is 52.9 Å². The normalized spacial score (nSPS) is 17.1. The molecule has 27 heavy (non-hydrogen) atoms. The first-order valence-corrected chi connectivity index (χ1v) is 9.72. The van der Waals surface area contributed by atoms with Crippen molar-refractivity contribution in [3.8, 4) is 0 Å². The summed E-state index contributed by atoms with van der Waals surface area (Å²) in [7, 11) is 0. The molecule has 2 aromatic carbocycles. The molecule has 0 amide bonds. The third-order valence-electron chi connectivity index (χ3n) is 5.27. The topological polar surface area (TPSA) is 17.1 Å². The van der Waals surface area contributed by atoms with Gasteiger partial charge in [0.1, 0.15) is 0 Å². The molecule has 3 rings (SSSR count). The van der Waals surface area contributed by atoms with E-state index in [1.54, 1.807) is 0 Å². The Balaban J connectivity index is 2.11. The number of hydrogen-bond acceptors (Lipinski definition) is 1. The predicted molar refractivity (Wildman–Crippen MR) is 114 cm³/mol. The summed E-state index contributed by atoms with van der Waals surface area (Å²) in [6, 6.07) is 16.0. The van der Waals surface area contributed by atoms with Gasteiger partial charge in [0.15, 0.2) is 5.78 Å². The molecule has 0 N–H and O–H groups in total. The third-order valence-corrected chi connectivity index (χ3v) is 5.27. The smallest absolute Gasteiger partial charge is 0.193 e. The molecule has 1 aliphatic rings. The van der Waals surface area contributed by atoms with Crippen molar-refractivity contribution >= 4 is 5.78 Å². The van der Waals surface area contributed by atoms with E-state index in [0.29, 0.717) is 0 Å². The Morgan fingerprint density at radius 1 is 0.852 bits per heavy atom. The number of carbonyl (C=O) groups excluding carboxylic acids is 1. The molecule has 1 heteroatoms. The van der Waals surface area contributed by atoms with Crippen molar-refractivity contribution in [2.75, 3.05) is 0 Å². The van der Waals surface area contributed by atoms with Gasteiger partial charge in [-0.15, -0.1) is 0 Å². The lowest BCUT2D eigenvalue weighted by Crippen LogP contribution is -2.15. The zero-order valence-corrected chi connectivity index (χ0v) is 17.3. The molecule has 0 heterocycles. The third kappa shape index (κ3) is 4.13. The van der Waals surface area contributed by atoms with Gasteiger partial charge in [0.25, 0.3) is 0 Å². The second-order valence-electron chi connectivity index (χ2n) is 9.50. The van der Waals surface area contributed by atoms with Crippen LogP contribution in [-0.4, -0.2) is 5.78 Å². The number of rotatable bonds is 3. The second-order valence-corrected chi connectivity index (χ2v) is 9.50. The van der Waals surface area contributed by atoms with Crippen molar-refractivity contribution < 1.29 is 4.79 Å². The maximum absolute atomic E-state index is 13.3. The van der Waals surface area contributed by atoms with Gasteiger partial charge in [-0.1, -0.05) is 102 Å². The minimum atomic E-state index is 0.00216. The molecule has 140 valence electrons. The fourth-order valence-corrected chi connectivity index (χ4v) is 3.46. The lowest BCUT2D eigenvalue weighted by molar-refractivity contribution is 0.103. The summed E-state index contributed by atoms with van der Waals surface area (Å²) in [4.78, 5) is 13.3. The van der Waals surface area contributed by atoms with Crippen LogP contribution in [0.15, 0.2) is 72.3 Å². The summed E-state index contributed by atoms with van der Waals surface area (Å²) in [5.41, 5.74) is 5.27. The first-order chi connectivity index (χ1) is 12.6. The first-order valence-electron chi connectivity index (χ1n) is 9.72. The fraction of sp³-hybridized carbons (Fsp3) is 0.346. The minimum Gasteiger partial charge on any atom is -0.289 e. The highest BCUT2D eigenvalue weighted by molar-refractivity contribution is 6.10. The molecule has 0 aliphatic heterocycles. The van der Waals surface area contributed by atoms with Gasteiger partial charge in [-0.05, 0) is 33.6 Å². The van der Waals surface area contributed by atoms with E-state index in [2.05, 4.69) is 78.0 Å². The molecule has 0 bridgehead atoms. The van der Waals surface area contributed by atoms with Crippen molar-refractivity contribution in [3.63, 3.8) is 0 Å². The molecule has 0 radical (unpaired) electrons. The van der Waals surface area contributed by atoms with Crippen LogP contribution in [0.4, 0.5) is 0 Å². The van der Waals surface area contributed by atoms with Crippen molar-refractivity contribution in [1.82, 2.24) is 0 Å². The highest BCUT2D eigenvalue weighted by Crippen LogP contribution is 2.38. The standard InChI is InChI=1S/C26H30O/c1-25(2,3)20-13-12-19(16-20)22-15-14-21(26(4,5)6)17-23(22)24(27)18-10-8-7-9-11-18/h7-17,19H,1-6H3. The number of allylic oxidation sites excluding steroid dienone is 4. The summed E-state index contributed by atoms with van der Waals surface area (Å²) in [5, 5.41) is 0. The summed E-state index contributed by atoms with van der Waals surface area (Å²) in [6.45, 7) is 13.2. The van der Waals surface area contributed by atoms with Crippen molar-refractivity contribution in [3.05, 3.63) is 94.6 Å². The van der Waals surface area contributed by atoms with Gasteiger partial charge >= 0.3 is 0 Å². The Labute approximate surface area is 163 Å². The zero-order chi connectivity index (χ0) is 19.8. The van der Waals surface area contributed by atoms with Gasteiger partial charge < -0.3 is 0 Å². The molecule has 0 saturated carbocycles. The van der Waals surface area contributed by atoms with Crippen molar-refractivity contribution in [1.29, 1.82) is 0 Å². The fourth-order valence-electron chi connectivity index (χ4n) is 3.46. The molecule has 1 nitrogen and oxygen atoms in total. The van der Waals surface area contributed by atoms with Crippen LogP contribution >= 0.6 is 0 Å². The maximum Gasteiger partial charge on any atom is 0.193 e. The predicted octanol–water partition coefficient (Wildman–Crippen LogP) is 6.84. The summed E-state index contributed by atoms with van der Waals surface area (Å²) in [6.07, 6.45) is 6.72. The van der Waals surface area contributed by atoms with Gasteiger partial charge in [0.2, 0.25) is 0 Å². The van der Waals surface area contributed by atoms with Gasteiger partial charge in [0.05, 0.1) is 0 Å². The average molecular weight is 359 g/mol. The van der Waals surface area contributed by atoms with E-state index in [-0.39, 0.29) is 22.5 Å². The highest BCUT2D eigenvalue weighted by Gasteiger charge is 2.26. The van der Waals surface area contributed by atoms with Crippen LogP contribution in [0.5, 0.6) is 0 Å². The molecule has 0 spiro atoms. The van der Waals surface area contributed by atoms with Crippen molar-refractivity contribution in [2.24, 2.45) is 5.41 Å². The maximum atomic E-state index is 13.3. The summed E-state index contributed by atoms with van der Waals surface area (Å²) in [5.74, 6) is 0.249. The molecule has 1 atom stereocenters. The van der Waals surface area contributed by atoms with Crippen LogP contribution in [0.25, 0.3) is 0 Å². The second kappa shape index (κ2) is 6.96. The van der Waals surface area contributed by atoms with E-state index in [1.165, 1.54) is 11.1 Å². The van der Waals surface area contributed by atoms with Crippen LogP contribution in [0.1, 0.15) is 74.5 Å². The molecule has 0 saturated heterocycles. The van der Waals surface area contributed by atoms with Gasteiger partial charge in [-0.2, -0.15) is 0 Å². The number of benzene rings is 2. The van der Waals surface area contributed by atoms with Crippen LogP contribution in [-0.2, 0) is 5.41 Å². The highest BCUT2D eigenvalue weighted by atomic mass is 16.1. The molecule has 0 aromatic heterocycles. The monoisotopic (exact) mass is 358 g/mol. The Hall–Kier alpha value is -2.41. The first kappa shape index (κ1) is 19.4. The van der Waals surface area contributed by atoms with E-state index < -0.39 is 0 Å². The minimum absolute atomic E-state index is 0.00216. The SMILES string of the molecule is CC(C)(C)C1=CC(c2ccc(C(C)(C)C)cc2C(=O)c2ccccc2)C=C1. The molecular formula is C26H30O. The molecular weight excluding hydrogens is 328 g/mol. The van der Waals surface area contributed by atoms with Crippen LogP contribution in [0.2, 0.25) is 0 Å². The molecule has 2 aromatic rings. The lowest BCUT2D eigenvalue weighted by Gasteiger charge is -2.22. The quantitative estimate of drug-likeness (QED) is 0.549. The van der Waals surface area contributed by atoms with E-state index >= 15 is 0 Å². The van der Waals surface area contributed by atoms with Crippen LogP contribution in [0.3, 0.4) is 0 Å². The Morgan fingerprint density at radius 3 is 2.07 bits per heavy atom. The van der Waals surface area contributed by atoms with E-state index in [1.807, 2.05) is 30.3 Å². The largest absolute Gasteiger partial charge is 0.289 e. The molecule has 1 unspecified atom stereocenters. The average Bonchev–Trinajstić information content (AvgIpc) is 3.11. The zero-order valence-electron chi connectivity index (χ0n) is 17.3. The Kier molecular flexibility index (Phi) is 4.99. The summed E-state index contributed by atoms with van der Waals surface area (Å²) < 4.78 is 0. The van der Waals surface area contributed by atoms with Gasteiger partial charge in [-0.3, -0.25) is 4.79 Å². The lowest BCUT2D eigenvalue weighted by atomic mass is 9.81. The Bertz CT molecular complexity index is 899. The number of ketones is 1. The number of carbonyl (C=O) groups is 1. The van der Waals surface area contributed by atoms with E-state index in [9.17, 15) is 4.79 Å². The van der Waals surface area contributed by atoms with Gasteiger partial charge in [0, 0.05) is 17.0 Å².